The smallest absolute Gasteiger partial charge is 0.233 e. The molecule has 2 atom stereocenters. The molecular weight excluding hydrogens is 314 g/mol. The van der Waals surface area contributed by atoms with Crippen molar-refractivity contribution in [1.82, 2.24) is 4.90 Å². The topological polar surface area (TPSA) is 49.8 Å². The third-order valence-corrected chi connectivity index (χ3v) is 5.60. The lowest BCUT2D eigenvalue weighted by atomic mass is 9.73. The van der Waals surface area contributed by atoms with Crippen LogP contribution in [-0.4, -0.2) is 48.3 Å². The van der Waals surface area contributed by atoms with Crippen LogP contribution in [-0.2, 0) is 14.9 Å². The third kappa shape index (κ3) is 3.25. The van der Waals surface area contributed by atoms with Gasteiger partial charge in [0, 0.05) is 37.2 Å². The summed E-state index contributed by atoms with van der Waals surface area (Å²) in [6, 6.07) is 7.63. The Kier molecular flexibility index (Phi) is 4.95. The van der Waals surface area contributed by atoms with Gasteiger partial charge in [-0.05, 0) is 43.9 Å². The molecule has 2 heterocycles. The van der Waals surface area contributed by atoms with Crippen LogP contribution < -0.4 is 0 Å². The van der Waals surface area contributed by atoms with E-state index in [1.807, 2.05) is 36.1 Å². The number of likely N-dealkylation sites (tertiary alicyclic amines) is 1. The van der Waals surface area contributed by atoms with Crippen molar-refractivity contribution >= 4 is 17.5 Å². The van der Waals surface area contributed by atoms with Crippen LogP contribution in [0.4, 0.5) is 0 Å². The van der Waals surface area contributed by atoms with E-state index in [1.165, 1.54) is 0 Å². The zero-order chi connectivity index (χ0) is 16.4. The van der Waals surface area contributed by atoms with Gasteiger partial charge < -0.3 is 14.7 Å². The molecule has 0 radical (unpaired) electrons. The number of halogens is 1. The molecule has 2 aliphatic heterocycles. The molecule has 0 aromatic heterocycles. The molecule has 1 aromatic carbocycles. The molecule has 0 spiro atoms. The highest BCUT2D eigenvalue weighted by Crippen LogP contribution is 2.38. The molecule has 23 heavy (non-hydrogen) atoms. The first-order valence-corrected chi connectivity index (χ1v) is 8.72. The number of carbonyl (C=O) groups is 1. The number of aliphatic hydroxyl groups is 1. The lowest BCUT2D eigenvalue weighted by molar-refractivity contribution is -0.140. The Morgan fingerprint density at radius 1 is 1.35 bits per heavy atom. The molecule has 2 saturated heterocycles. The fourth-order valence-electron chi connectivity index (χ4n) is 3.78. The van der Waals surface area contributed by atoms with E-state index in [1.54, 1.807) is 0 Å². The van der Waals surface area contributed by atoms with Crippen LogP contribution in [0, 0.1) is 5.92 Å². The SMILES string of the molecule is CC(O)C1CCN(C(=O)C2(c3ccc(Cl)cc3)CCOCC2)C1. The first-order valence-electron chi connectivity index (χ1n) is 8.34. The van der Waals surface area contributed by atoms with Crippen molar-refractivity contribution in [2.24, 2.45) is 5.92 Å². The van der Waals surface area contributed by atoms with Gasteiger partial charge in [0.05, 0.1) is 11.5 Å². The minimum atomic E-state index is -0.517. The summed E-state index contributed by atoms with van der Waals surface area (Å²) < 4.78 is 5.51. The van der Waals surface area contributed by atoms with Gasteiger partial charge in [0.25, 0.3) is 0 Å². The van der Waals surface area contributed by atoms with Crippen molar-refractivity contribution in [3.05, 3.63) is 34.9 Å². The highest BCUT2D eigenvalue weighted by molar-refractivity contribution is 6.30. The standard InChI is InChI=1S/C18H24ClNO3/c1-13(21)14-6-9-20(12-14)17(22)18(7-10-23-11-8-18)15-2-4-16(19)5-3-15/h2-5,13-14,21H,6-12H2,1H3. The van der Waals surface area contributed by atoms with Crippen molar-refractivity contribution in [2.75, 3.05) is 26.3 Å². The van der Waals surface area contributed by atoms with Gasteiger partial charge in [0.15, 0.2) is 0 Å². The van der Waals surface area contributed by atoms with Crippen molar-refractivity contribution in [2.45, 2.75) is 37.7 Å². The Labute approximate surface area is 142 Å². The zero-order valence-corrected chi connectivity index (χ0v) is 14.3. The molecule has 1 amide bonds. The molecule has 0 bridgehead atoms. The van der Waals surface area contributed by atoms with Crippen LogP contribution in [0.2, 0.25) is 5.02 Å². The monoisotopic (exact) mass is 337 g/mol. The molecule has 1 aromatic rings. The second-order valence-corrected chi connectivity index (χ2v) is 7.18. The summed E-state index contributed by atoms with van der Waals surface area (Å²) in [7, 11) is 0. The van der Waals surface area contributed by atoms with E-state index in [0.29, 0.717) is 37.6 Å². The minimum absolute atomic E-state index is 0.172. The van der Waals surface area contributed by atoms with E-state index in [2.05, 4.69) is 0 Å². The van der Waals surface area contributed by atoms with Gasteiger partial charge in [0.2, 0.25) is 5.91 Å². The Morgan fingerprint density at radius 3 is 2.57 bits per heavy atom. The largest absolute Gasteiger partial charge is 0.393 e. The minimum Gasteiger partial charge on any atom is -0.393 e. The van der Waals surface area contributed by atoms with Crippen LogP contribution in [0.5, 0.6) is 0 Å². The predicted molar refractivity (Wildman–Crippen MR) is 89.6 cm³/mol. The Bertz CT molecular complexity index is 552. The molecule has 2 aliphatic rings. The molecule has 2 unspecified atom stereocenters. The number of carbonyl (C=O) groups excluding carboxylic acids is 1. The number of ether oxygens (including phenoxy) is 1. The van der Waals surface area contributed by atoms with E-state index < -0.39 is 5.41 Å². The fraction of sp³-hybridized carbons (Fsp3) is 0.611. The van der Waals surface area contributed by atoms with Crippen molar-refractivity contribution in [3.63, 3.8) is 0 Å². The van der Waals surface area contributed by atoms with Crippen LogP contribution in [0.25, 0.3) is 0 Å². The zero-order valence-electron chi connectivity index (χ0n) is 13.5. The lowest BCUT2D eigenvalue weighted by Gasteiger charge is -2.39. The summed E-state index contributed by atoms with van der Waals surface area (Å²) in [5.41, 5.74) is 0.506. The molecule has 126 valence electrons. The normalized spacial score (nSPS) is 25.3. The van der Waals surface area contributed by atoms with Gasteiger partial charge in [0.1, 0.15) is 0 Å². The van der Waals surface area contributed by atoms with Crippen molar-refractivity contribution in [3.8, 4) is 0 Å². The number of hydrogen-bond acceptors (Lipinski definition) is 3. The Morgan fingerprint density at radius 2 is 2.00 bits per heavy atom. The second-order valence-electron chi connectivity index (χ2n) is 6.74. The summed E-state index contributed by atoms with van der Waals surface area (Å²) in [6.07, 6.45) is 1.90. The highest BCUT2D eigenvalue weighted by Gasteiger charge is 2.45. The number of benzene rings is 1. The maximum absolute atomic E-state index is 13.3. The van der Waals surface area contributed by atoms with E-state index in [9.17, 15) is 9.90 Å². The van der Waals surface area contributed by atoms with Crippen LogP contribution in [0.1, 0.15) is 31.7 Å². The van der Waals surface area contributed by atoms with Gasteiger partial charge in [-0.15, -0.1) is 0 Å². The average molecular weight is 338 g/mol. The molecule has 3 rings (SSSR count). The summed E-state index contributed by atoms with van der Waals surface area (Å²) in [6.45, 7) is 4.38. The molecule has 1 N–H and O–H groups in total. The first kappa shape index (κ1) is 16.7. The first-order chi connectivity index (χ1) is 11.0. The molecule has 0 aliphatic carbocycles. The lowest BCUT2D eigenvalue weighted by Crippen LogP contribution is -2.49. The van der Waals surface area contributed by atoms with E-state index in [-0.39, 0.29) is 17.9 Å². The second kappa shape index (κ2) is 6.80. The van der Waals surface area contributed by atoms with E-state index in [4.69, 9.17) is 16.3 Å². The fourth-order valence-corrected chi connectivity index (χ4v) is 3.91. The maximum atomic E-state index is 13.3. The number of amides is 1. The molecule has 4 nitrogen and oxygen atoms in total. The maximum Gasteiger partial charge on any atom is 0.233 e. The average Bonchev–Trinajstić information content (AvgIpc) is 3.05. The molecule has 5 heteroatoms. The van der Waals surface area contributed by atoms with Gasteiger partial charge in [-0.1, -0.05) is 23.7 Å². The number of hydrogen-bond donors (Lipinski definition) is 1. The Balaban J connectivity index is 1.87. The third-order valence-electron chi connectivity index (χ3n) is 5.35. The number of rotatable bonds is 3. The summed E-state index contributed by atoms with van der Waals surface area (Å²) >= 11 is 6.01. The molecule has 2 fully saturated rings. The molecule has 0 saturated carbocycles. The van der Waals surface area contributed by atoms with E-state index >= 15 is 0 Å². The van der Waals surface area contributed by atoms with Crippen LogP contribution in [0.15, 0.2) is 24.3 Å². The molecular formula is C18H24ClNO3. The van der Waals surface area contributed by atoms with Gasteiger partial charge in [-0.25, -0.2) is 0 Å². The van der Waals surface area contributed by atoms with Crippen molar-refractivity contribution in [1.29, 1.82) is 0 Å². The van der Waals surface area contributed by atoms with Gasteiger partial charge in [-0.3, -0.25) is 4.79 Å². The van der Waals surface area contributed by atoms with Gasteiger partial charge >= 0.3 is 0 Å². The summed E-state index contributed by atoms with van der Waals surface area (Å²) in [5.74, 6) is 0.354. The number of nitrogens with zero attached hydrogens (tertiary/aromatic N) is 1. The number of aliphatic hydroxyl groups excluding tert-OH is 1. The van der Waals surface area contributed by atoms with Crippen molar-refractivity contribution < 1.29 is 14.6 Å². The highest BCUT2D eigenvalue weighted by atomic mass is 35.5. The van der Waals surface area contributed by atoms with Crippen LogP contribution >= 0.6 is 11.6 Å². The van der Waals surface area contributed by atoms with Crippen LogP contribution in [0.3, 0.4) is 0 Å². The predicted octanol–water partition coefficient (Wildman–Crippen LogP) is 2.62. The van der Waals surface area contributed by atoms with Gasteiger partial charge in [-0.2, -0.15) is 0 Å². The Hall–Kier alpha value is -1.10. The summed E-state index contributed by atoms with van der Waals surface area (Å²) in [4.78, 5) is 15.3. The quantitative estimate of drug-likeness (QED) is 0.922. The summed E-state index contributed by atoms with van der Waals surface area (Å²) in [5, 5.41) is 10.5. The van der Waals surface area contributed by atoms with E-state index in [0.717, 1.165) is 18.5 Å².